The molecule has 4 aliphatic rings. The number of hydrogen-bond acceptors (Lipinski definition) is 7. The first-order chi connectivity index (χ1) is 20.1. The smallest absolute Gasteiger partial charge is 0.407 e. The van der Waals surface area contributed by atoms with Crippen molar-refractivity contribution in [1.82, 2.24) is 9.62 Å². The summed E-state index contributed by atoms with van der Waals surface area (Å²) in [6.45, 7) is 5.74. The molecule has 2 aliphatic heterocycles. The summed E-state index contributed by atoms with van der Waals surface area (Å²) in [7, 11) is -3.75. The second-order valence-corrected chi connectivity index (χ2v) is 14.9. The van der Waals surface area contributed by atoms with Gasteiger partial charge in [0.25, 0.3) is 0 Å². The highest BCUT2D eigenvalue weighted by Gasteiger charge is 2.56. The third-order valence-electron chi connectivity index (χ3n) is 9.33. The molecular formula is C32H43N3O6S. The van der Waals surface area contributed by atoms with Crippen LogP contribution in [0.5, 0.6) is 0 Å². The van der Waals surface area contributed by atoms with Crippen LogP contribution >= 0.6 is 0 Å². The van der Waals surface area contributed by atoms with Crippen LogP contribution in [0.3, 0.4) is 0 Å². The molecule has 9 nitrogen and oxygen atoms in total. The van der Waals surface area contributed by atoms with Crippen molar-refractivity contribution in [2.24, 2.45) is 29.4 Å². The van der Waals surface area contributed by atoms with Crippen LogP contribution in [0, 0.1) is 23.7 Å². The van der Waals surface area contributed by atoms with E-state index in [1.54, 1.807) is 16.4 Å². The lowest BCUT2D eigenvalue weighted by atomic mass is 9.98. The molecule has 2 aliphatic carbocycles. The zero-order valence-electron chi connectivity index (χ0n) is 24.5. The van der Waals surface area contributed by atoms with E-state index in [1.807, 2.05) is 56.3 Å². The lowest BCUT2D eigenvalue weighted by Crippen LogP contribution is -2.44. The van der Waals surface area contributed by atoms with Gasteiger partial charge in [0.15, 0.2) is 6.29 Å². The highest BCUT2D eigenvalue weighted by atomic mass is 32.2. The van der Waals surface area contributed by atoms with Crippen LogP contribution in [0.2, 0.25) is 0 Å². The Balaban J connectivity index is 1.15. The maximum absolute atomic E-state index is 13.8. The van der Waals surface area contributed by atoms with Gasteiger partial charge in [-0.25, -0.2) is 13.2 Å². The van der Waals surface area contributed by atoms with Crippen LogP contribution in [0.1, 0.15) is 50.7 Å². The number of nitrogens with two attached hydrogens (primary N) is 1. The van der Waals surface area contributed by atoms with Crippen molar-refractivity contribution in [1.29, 1.82) is 0 Å². The number of sulfonamides is 1. The maximum Gasteiger partial charge on any atom is 0.407 e. The predicted octanol–water partition coefficient (Wildman–Crippen LogP) is 4.02. The Morgan fingerprint density at radius 2 is 1.79 bits per heavy atom. The van der Waals surface area contributed by atoms with E-state index in [-0.39, 0.29) is 59.1 Å². The molecule has 228 valence electrons. The minimum atomic E-state index is -3.75. The standard InChI is InChI=1S/C32H43N3O6S/c1-21(2)18-35(42(37,38)26-10-8-24(9-11-26)32(33)13-14-32)15-12-25(16-22-6-4-3-5-7-22)34-31(36)41-29-23-17-27-28(29)20-40-30(27)39-19-23/h3-11,21,23,25,27-30H,12-20,33H2,1-2H3,(H,34,36). The number of alkyl carbamates (subject to hydrolysis) is 1. The largest absolute Gasteiger partial charge is 0.445 e. The first-order valence-corrected chi connectivity index (χ1v) is 16.7. The number of rotatable bonds is 12. The predicted molar refractivity (Wildman–Crippen MR) is 158 cm³/mol. The normalized spacial score (nSPS) is 28.2. The quantitative estimate of drug-likeness (QED) is 0.379. The lowest BCUT2D eigenvalue weighted by Gasteiger charge is -2.29. The van der Waals surface area contributed by atoms with Crippen LogP contribution in [0.4, 0.5) is 4.79 Å². The molecule has 2 bridgehead atoms. The summed E-state index contributed by atoms with van der Waals surface area (Å²) in [5, 5.41) is 3.08. The molecule has 0 aromatic heterocycles. The first kappa shape index (κ1) is 29.6. The highest BCUT2D eigenvalue weighted by Crippen LogP contribution is 2.49. The first-order valence-electron chi connectivity index (χ1n) is 15.3. The number of ether oxygens (including phenoxy) is 3. The number of fused-ring (bicyclic) bond motifs is 1. The van der Waals surface area contributed by atoms with Gasteiger partial charge < -0.3 is 25.3 Å². The molecule has 2 saturated heterocycles. The Labute approximate surface area is 249 Å². The minimum Gasteiger partial charge on any atom is -0.445 e. The molecule has 6 unspecified atom stereocenters. The van der Waals surface area contributed by atoms with Gasteiger partial charge in [-0.1, -0.05) is 56.3 Å². The molecule has 1 amide bonds. The molecule has 2 saturated carbocycles. The Bertz CT molecular complexity index is 1350. The van der Waals surface area contributed by atoms with E-state index in [2.05, 4.69) is 5.32 Å². The van der Waals surface area contributed by atoms with E-state index >= 15 is 0 Å². The van der Waals surface area contributed by atoms with E-state index in [0.29, 0.717) is 32.6 Å². The van der Waals surface area contributed by atoms with E-state index in [4.69, 9.17) is 19.9 Å². The summed E-state index contributed by atoms with van der Waals surface area (Å²) >= 11 is 0. The fourth-order valence-corrected chi connectivity index (χ4v) is 8.46. The van der Waals surface area contributed by atoms with E-state index < -0.39 is 16.1 Å². The van der Waals surface area contributed by atoms with Crippen molar-refractivity contribution in [3.05, 3.63) is 65.7 Å². The number of carbonyl (C=O) groups excluding carboxylic acids is 1. The van der Waals surface area contributed by atoms with Gasteiger partial charge in [0, 0.05) is 42.4 Å². The van der Waals surface area contributed by atoms with Crippen molar-refractivity contribution in [2.45, 2.75) is 74.8 Å². The Morgan fingerprint density at radius 3 is 2.48 bits per heavy atom. The average Bonchev–Trinajstić information content (AvgIpc) is 3.49. The van der Waals surface area contributed by atoms with Crippen molar-refractivity contribution in [3.63, 3.8) is 0 Å². The topological polar surface area (TPSA) is 120 Å². The number of nitrogens with zero attached hydrogens (tertiary/aromatic N) is 1. The third-order valence-corrected chi connectivity index (χ3v) is 11.2. The molecular weight excluding hydrogens is 554 g/mol. The lowest BCUT2D eigenvalue weighted by molar-refractivity contribution is -0.169. The summed E-state index contributed by atoms with van der Waals surface area (Å²) in [5.74, 6) is 0.758. The van der Waals surface area contributed by atoms with E-state index in [1.165, 1.54) is 0 Å². The van der Waals surface area contributed by atoms with Gasteiger partial charge in [0.2, 0.25) is 10.0 Å². The van der Waals surface area contributed by atoms with Crippen LogP contribution in [-0.4, -0.2) is 63.6 Å². The van der Waals surface area contributed by atoms with Crippen molar-refractivity contribution < 1.29 is 27.4 Å². The van der Waals surface area contributed by atoms with Gasteiger partial charge in [-0.15, -0.1) is 0 Å². The monoisotopic (exact) mass is 597 g/mol. The van der Waals surface area contributed by atoms with Gasteiger partial charge in [-0.2, -0.15) is 4.31 Å². The molecule has 0 spiro atoms. The average molecular weight is 598 g/mol. The maximum atomic E-state index is 13.8. The van der Waals surface area contributed by atoms with Crippen LogP contribution in [-0.2, 0) is 36.2 Å². The summed E-state index contributed by atoms with van der Waals surface area (Å²) in [6.07, 6.45) is 2.91. The van der Waals surface area contributed by atoms with Gasteiger partial charge in [0.05, 0.1) is 18.1 Å². The molecule has 2 heterocycles. The van der Waals surface area contributed by atoms with Crippen molar-refractivity contribution >= 4 is 16.1 Å². The number of benzene rings is 2. The number of carbonyl (C=O) groups is 1. The summed E-state index contributed by atoms with van der Waals surface area (Å²) in [4.78, 5) is 13.5. The van der Waals surface area contributed by atoms with Crippen molar-refractivity contribution in [3.8, 4) is 0 Å². The Morgan fingerprint density at radius 1 is 1.07 bits per heavy atom. The van der Waals surface area contributed by atoms with Crippen LogP contribution in [0.25, 0.3) is 0 Å². The SMILES string of the molecule is CC(C)CN(CCC(Cc1ccccc1)NC(=O)OC1C2COC3OCC1C3C2)S(=O)(=O)c1ccc(C2(N)CC2)cc1. The molecule has 4 fully saturated rings. The van der Waals surface area contributed by atoms with Gasteiger partial charge in [-0.3, -0.25) is 0 Å². The Hall–Kier alpha value is -2.50. The molecule has 10 heteroatoms. The van der Waals surface area contributed by atoms with Gasteiger partial charge >= 0.3 is 6.09 Å². The Kier molecular flexibility index (Phi) is 8.36. The van der Waals surface area contributed by atoms with Crippen LogP contribution < -0.4 is 11.1 Å². The molecule has 6 rings (SSSR count). The van der Waals surface area contributed by atoms with E-state index in [0.717, 1.165) is 30.4 Å². The molecule has 3 N–H and O–H groups in total. The third kappa shape index (κ3) is 6.24. The zero-order chi connectivity index (χ0) is 29.5. The molecule has 2 aromatic rings. The summed E-state index contributed by atoms with van der Waals surface area (Å²) in [6, 6.07) is 16.6. The number of nitrogens with one attached hydrogen (secondary N) is 1. The summed E-state index contributed by atoms with van der Waals surface area (Å²) < 4.78 is 46.8. The minimum absolute atomic E-state index is 0.129. The number of amides is 1. The molecule has 42 heavy (non-hydrogen) atoms. The van der Waals surface area contributed by atoms with Crippen molar-refractivity contribution in [2.75, 3.05) is 26.3 Å². The molecule has 0 radical (unpaired) electrons. The van der Waals surface area contributed by atoms with Gasteiger partial charge in [-0.05, 0) is 61.3 Å². The van der Waals surface area contributed by atoms with E-state index in [9.17, 15) is 13.2 Å². The zero-order valence-corrected chi connectivity index (χ0v) is 25.3. The fraction of sp³-hybridized carbons (Fsp3) is 0.594. The molecule has 6 atom stereocenters. The second kappa shape index (κ2) is 11.9. The van der Waals surface area contributed by atoms with Crippen LogP contribution in [0.15, 0.2) is 59.5 Å². The highest BCUT2D eigenvalue weighted by molar-refractivity contribution is 7.89. The summed E-state index contributed by atoms with van der Waals surface area (Å²) in [5.41, 5.74) is 8.03. The second-order valence-electron chi connectivity index (χ2n) is 13.0. The molecule has 2 aromatic carbocycles. The number of hydrogen-bond donors (Lipinski definition) is 2. The fourth-order valence-electron chi connectivity index (χ4n) is 6.85. The van der Waals surface area contributed by atoms with Gasteiger partial charge in [0.1, 0.15) is 6.10 Å².